The monoisotopic (exact) mass is 343 g/mol. The van der Waals surface area contributed by atoms with Crippen LogP contribution in [-0.2, 0) is 16.6 Å². The number of nitrogens with one attached hydrogen (secondary N) is 1. The van der Waals surface area contributed by atoms with Crippen LogP contribution in [0, 0.1) is 5.82 Å². The highest BCUT2D eigenvalue weighted by molar-refractivity contribution is 9.10. The molecule has 0 aliphatic heterocycles. The Hall–Kier alpha value is -1.24. The summed E-state index contributed by atoms with van der Waals surface area (Å²) < 4.78 is 40.5. The van der Waals surface area contributed by atoms with Gasteiger partial charge in [-0.25, -0.2) is 17.5 Å². The van der Waals surface area contributed by atoms with Crippen molar-refractivity contribution in [1.82, 2.24) is 4.72 Å². The zero-order valence-electron chi connectivity index (χ0n) is 9.81. The Balaban J connectivity index is 2.17. The van der Waals surface area contributed by atoms with Gasteiger partial charge in [-0.05, 0) is 24.3 Å². The molecule has 0 bridgehead atoms. The first-order chi connectivity index (χ1) is 8.99. The van der Waals surface area contributed by atoms with E-state index in [0.29, 0.717) is 10.0 Å². The second-order valence-electron chi connectivity index (χ2n) is 3.87. The van der Waals surface area contributed by atoms with E-state index >= 15 is 0 Å². The first-order valence-electron chi connectivity index (χ1n) is 5.48. The Labute approximate surface area is 119 Å². The maximum absolute atomic E-state index is 13.4. The van der Waals surface area contributed by atoms with E-state index in [1.54, 1.807) is 30.3 Å². The lowest BCUT2D eigenvalue weighted by Crippen LogP contribution is -2.23. The Morgan fingerprint density at radius 1 is 1.11 bits per heavy atom. The Morgan fingerprint density at radius 2 is 1.84 bits per heavy atom. The molecule has 0 spiro atoms. The zero-order chi connectivity index (χ0) is 13.9. The van der Waals surface area contributed by atoms with E-state index in [1.807, 2.05) is 0 Å². The average Bonchev–Trinajstić information content (AvgIpc) is 2.38. The van der Waals surface area contributed by atoms with Gasteiger partial charge in [0, 0.05) is 16.6 Å². The molecule has 0 fully saturated rings. The van der Waals surface area contributed by atoms with Crippen LogP contribution < -0.4 is 4.72 Å². The van der Waals surface area contributed by atoms with Crippen LogP contribution in [0.1, 0.15) is 5.56 Å². The second kappa shape index (κ2) is 5.81. The molecule has 0 saturated carbocycles. The van der Waals surface area contributed by atoms with Gasteiger partial charge in [0.15, 0.2) is 0 Å². The van der Waals surface area contributed by atoms with Crippen molar-refractivity contribution < 1.29 is 12.8 Å². The number of benzene rings is 2. The molecule has 0 amide bonds. The third-order valence-electron chi connectivity index (χ3n) is 2.52. The van der Waals surface area contributed by atoms with Crippen LogP contribution in [0.3, 0.4) is 0 Å². The Morgan fingerprint density at radius 3 is 2.53 bits per heavy atom. The van der Waals surface area contributed by atoms with Crippen molar-refractivity contribution in [3.05, 3.63) is 64.4 Å². The van der Waals surface area contributed by atoms with Gasteiger partial charge in [0.25, 0.3) is 0 Å². The van der Waals surface area contributed by atoms with Gasteiger partial charge in [-0.15, -0.1) is 0 Å². The van der Waals surface area contributed by atoms with Gasteiger partial charge in [-0.3, -0.25) is 0 Å². The quantitative estimate of drug-likeness (QED) is 0.927. The molecule has 0 saturated heterocycles. The molecule has 3 nitrogen and oxygen atoms in total. The van der Waals surface area contributed by atoms with Crippen molar-refractivity contribution in [3.63, 3.8) is 0 Å². The Bertz CT molecular complexity index is 689. The van der Waals surface area contributed by atoms with Crippen LogP contribution in [0.4, 0.5) is 4.39 Å². The minimum Gasteiger partial charge on any atom is -0.207 e. The lowest BCUT2D eigenvalue weighted by atomic mass is 10.2. The van der Waals surface area contributed by atoms with Crippen molar-refractivity contribution in [2.75, 3.05) is 0 Å². The highest BCUT2D eigenvalue weighted by atomic mass is 79.9. The van der Waals surface area contributed by atoms with E-state index < -0.39 is 15.8 Å². The Kier molecular flexibility index (Phi) is 4.34. The molecule has 0 heterocycles. The minimum atomic E-state index is -3.64. The van der Waals surface area contributed by atoms with Crippen LogP contribution in [0.2, 0.25) is 0 Å². The number of hydrogen-bond donors (Lipinski definition) is 1. The normalized spacial score (nSPS) is 11.5. The van der Waals surface area contributed by atoms with Gasteiger partial charge in [0.05, 0.1) is 4.90 Å². The molecule has 2 aromatic carbocycles. The summed E-state index contributed by atoms with van der Waals surface area (Å²) in [6, 6.07) is 12.4. The summed E-state index contributed by atoms with van der Waals surface area (Å²) in [5.41, 5.74) is 0.307. The van der Waals surface area contributed by atoms with Gasteiger partial charge in [-0.1, -0.05) is 40.2 Å². The third-order valence-corrected chi connectivity index (χ3v) is 4.41. The van der Waals surface area contributed by atoms with Crippen molar-refractivity contribution in [2.45, 2.75) is 11.4 Å². The largest absolute Gasteiger partial charge is 0.240 e. The van der Waals surface area contributed by atoms with Gasteiger partial charge >= 0.3 is 0 Å². The fraction of sp³-hybridized carbons (Fsp3) is 0.0769. The highest BCUT2D eigenvalue weighted by Gasteiger charge is 2.14. The topological polar surface area (TPSA) is 46.2 Å². The lowest BCUT2D eigenvalue weighted by Gasteiger charge is -2.07. The van der Waals surface area contributed by atoms with Crippen molar-refractivity contribution in [3.8, 4) is 0 Å². The van der Waals surface area contributed by atoms with E-state index in [-0.39, 0.29) is 11.4 Å². The van der Waals surface area contributed by atoms with Crippen molar-refractivity contribution in [2.24, 2.45) is 0 Å². The number of rotatable bonds is 4. The molecule has 0 radical (unpaired) electrons. The number of sulfonamides is 1. The van der Waals surface area contributed by atoms with Gasteiger partial charge in [0.2, 0.25) is 10.0 Å². The summed E-state index contributed by atoms with van der Waals surface area (Å²) in [5.74, 6) is -0.431. The van der Waals surface area contributed by atoms with Gasteiger partial charge in [-0.2, -0.15) is 0 Å². The fourth-order valence-electron chi connectivity index (χ4n) is 1.53. The van der Waals surface area contributed by atoms with Gasteiger partial charge in [0.1, 0.15) is 5.82 Å². The molecule has 0 atom stereocenters. The molecule has 1 N–H and O–H groups in total. The molecule has 0 aliphatic rings. The van der Waals surface area contributed by atoms with Crippen LogP contribution >= 0.6 is 15.9 Å². The standard InChI is InChI=1S/C13H11BrFNO2S/c14-11-5-3-6-12(8-11)19(17,18)16-9-10-4-1-2-7-13(10)15/h1-8,16H,9H2. The van der Waals surface area contributed by atoms with Crippen LogP contribution in [0.15, 0.2) is 57.9 Å². The first kappa shape index (κ1) is 14.2. The smallest absolute Gasteiger partial charge is 0.207 e. The van der Waals surface area contributed by atoms with E-state index in [4.69, 9.17) is 0 Å². The first-order valence-corrected chi connectivity index (χ1v) is 7.75. The van der Waals surface area contributed by atoms with Gasteiger partial charge < -0.3 is 0 Å². The van der Waals surface area contributed by atoms with E-state index in [9.17, 15) is 12.8 Å². The molecule has 0 unspecified atom stereocenters. The average molecular weight is 344 g/mol. The predicted octanol–water partition coefficient (Wildman–Crippen LogP) is 3.07. The molecular weight excluding hydrogens is 333 g/mol. The summed E-state index contributed by atoms with van der Waals surface area (Å²) in [6.45, 7) is -0.0818. The summed E-state index contributed by atoms with van der Waals surface area (Å²) >= 11 is 3.21. The number of hydrogen-bond acceptors (Lipinski definition) is 2. The van der Waals surface area contributed by atoms with Crippen molar-refractivity contribution >= 4 is 26.0 Å². The number of halogens is 2. The summed E-state index contributed by atoms with van der Waals surface area (Å²) in [7, 11) is -3.64. The molecule has 19 heavy (non-hydrogen) atoms. The highest BCUT2D eigenvalue weighted by Crippen LogP contribution is 2.16. The molecule has 2 aromatic rings. The molecule has 2 rings (SSSR count). The van der Waals surface area contributed by atoms with Crippen molar-refractivity contribution in [1.29, 1.82) is 0 Å². The maximum Gasteiger partial charge on any atom is 0.240 e. The zero-order valence-corrected chi connectivity index (χ0v) is 12.2. The van der Waals surface area contributed by atoms with Crippen LogP contribution in [0.5, 0.6) is 0 Å². The van der Waals surface area contributed by atoms with Crippen LogP contribution in [-0.4, -0.2) is 8.42 Å². The predicted molar refractivity (Wildman–Crippen MR) is 74.6 cm³/mol. The molecule has 0 aliphatic carbocycles. The van der Waals surface area contributed by atoms with E-state index in [2.05, 4.69) is 20.7 Å². The maximum atomic E-state index is 13.4. The van der Waals surface area contributed by atoms with E-state index in [1.165, 1.54) is 18.2 Å². The fourth-order valence-corrected chi connectivity index (χ4v) is 3.13. The molecule has 100 valence electrons. The minimum absolute atomic E-state index is 0.0818. The summed E-state index contributed by atoms with van der Waals surface area (Å²) in [6.07, 6.45) is 0. The SMILES string of the molecule is O=S(=O)(NCc1ccccc1F)c1cccc(Br)c1. The summed E-state index contributed by atoms with van der Waals surface area (Å²) in [4.78, 5) is 0.137. The molecular formula is C13H11BrFNO2S. The third kappa shape index (κ3) is 3.62. The van der Waals surface area contributed by atoms with Crippen LogP contribution in [0.25, 0.3) is 0 Å². The lowest BCUT2D eigenvalue weighted by molar-refractivity contribution is 0.574. The van der Waals surface area contributed by atoms with E-state index in [0.717, 1.165) is 0 Å². The second-order valence-corrected chi connectivity index (χ2v) is 6.56. The summed E-state index contributed by atoms with van der Waals surface area (Å²) in [5, 5.41) is 0. The molecule has 6 heteroatoms. The molecule has 0 aromatic heterocycles.